The lowest BCUT2D eigenvalue weighted by molar-refractivity contribution is 0.431. The molecule has 1 N–H and O–H groups in total. The van der Waals surface area contributed by atoms with Gasteiger partial charge in [-0.1, -0.05) is 77.5 Å². The molecule has 6 nitrogen and oxygen atoms in total. The van der Waals surface area contributed by atoms with Crippen molar-refractivity contribution < 1.29 is 12.9 Å². The summed E-state index contributed by atoms with van der Waals surface area (Å²) in [6.07, 6.45) is 0. The van der Waals surface area contributed by atoms with Gasteiger partial charge in [-0.2, -0.15) is 4.98 Å². The first kappa shape index (κ1) is 19.0. The Bertz CT molecular complexity index is 1220. The molecule has 1 aromatic heterocycles. The standard InChI is InChI=1S/C22H19N3O3S/c1-16-11-13-17(14-12-16)15-23-29(26,27)20-10-6-5-9-19(20)22-24-21(25-28-22)18-7-3-2-4-8-18/h2-14,23H,15H2,1H3. The largest absolute Gasteiger partial charge is 0.334 e. The highest BCUT2D eigenvalue weighted by Gasteiger charge is 2.22. The molecule has 4 rings (SSSR count). The van der Waals surface area contributed by atoms with E-state index < -0.39 is 10.0 Å². The predicted molar refractivity (Wildman–Crippen MR) is 110 cm³/mol. The van der Waals surface area contributed by atoms with E-state index in [-0.39, 0.29) is 17.3 Å². The fraction of sp³-hybridized carbons (Fsp3) is 0.0909. The maximum atomic E-state index is 12.9. The summed E-state index contributed by atoms with van der Waals surface area (Å²) in [6, 6.07) is 23.6. The Morgan fingerprint density at radius 1 is 0.897 bits per heavy atom. The number of hydrogen-bond acceptors (Lipinski definition) is 5. The molecular weight excluding hydrogens is 386 g/mol. The Balaban J connectivity index is 1.62. The number of nitrogens with zero attached hydrogens (tertiary/aromatic N) is 2. The van der Waals surface area contributed by atoms with Crippen molar-refractivity contribution in [2.24, 2.45) is 0 Å². The number of sulfonamides is 1. The van der Waals surface area contributed by atoms with Crippen molar-refractivity contribution >= 4 is 10.0 Å². The zero-order valence-electron chi connectivity index (χ0n) is 15.7. The average molecular weight is 405 g/mol. The fourth-order valence-electron chi connectivity index (χ4n) is 2.88. The molecule has 0 saturated carbocycles. The van der Waals surface area contributed by atoms with E-state index in [4.69, 9.17) is 4.52 Å². The van der Waals surface area contributed by atoms with Crippen LogP contribution in [0.2, 0.25) is 0 Å². The van der Waals surface area contributed by atoms with Crippen LogP contribution in [0.4, 0.5) is 0 Å². The van der Waals surface area contributed by atoms with E-state index in [1.54, 1.807) is 18.2 Å². The molecule has 0 aliphatic heterocycles. The molecule has 0 bridgehead atoms. The van der Waals surface area contributed by atoms with E-state index in [2.05, 4.69) is 14.9 Å². The topological polar surface area (TPSA) is 85.1 Å². The predicted octanol–water partition coefficient (Wildman–Crippen LogP) is 4.19. The second kappa shape index (κ2) is 7.98. The molecular formula is C22H19N3O3S. The van der Waals surface area contributed by atoms with Crippen molar-refractivity contribution in [2.75, 3.05) is 0 Å². The van der Waals surface area contributed by atoms with Crippen molar-refractivity contribution in [1.82, 2.24) is 14.9 Å². The van der Waals surface area contributed by atoms with Crippen LogP contribution in [0.3, 0.4) is 0 Å². The zero-order chi connectivity index (χ0) is 20.3. The van der Waals surface area contributed by atoms with Gasteiger partial charge in [0.1, 0.15) is 0 Å². The molecule has 0 aliphatic carbocycles. The van der Waals surface area contributed by atoms with Crippen LogP contribution in [0.25, 0.3) is 22.8 Å². The third-order valence-electron chi connectivity index (χ3n) is 4.45. The molecule has 3 aromatic carbocycles. The number of aromatic nitrogens is 2. The number of hydrogen-bond donors (Lipinski definition) is 1. The van der Waals surface area contributed by atoms with E-state index >= 15 is 0 Å². The molecule has 7 heteroatoms. The van der Waals surface area contributed by atoms with Gasteiger partial charge in [0.05, 0.1) is 10.5 Å². The lowest BCUT2D eigenvalue weighted by Gasteiger charge is -2.09. The van der Waals surface area contributed by atoms with E-state index in [0.717, 1.165) is 16.7 Å². The van der Waals surface area contributed by atoms with Crippen LogP contribution in [-0.2, 0) is 16.6 Å². The van der Waals surface area contributed by atoms with Gasteiger partial charge in [0.2, 0.25) is 15.8 Å². The van der Waals surface area contributed by atoms with Gasteiger partial charge in [0.25, 0.3) is 5.89 Å². The second-order valence-corrected chi connectivity index (χ2v) is 8.33. The van der Waals surface area contributed by atoms with Crippen LogP contribution in [0.15, 0.2) is 88.3 Å². The number of aryl methyl sites for hydroxylation is 1. The quantitative estimate of drug-likeness (QED) is 0.520. The fourth-order valence-corrected chi connectivity index (χ4v) is 4.09. The summed E-state index contributed by atoms with van der Waals surface area (Å²) in [5.74, 6) is 0.556. The van der Waals surface area contributed by atoms with Gasteiger partial charge < -0.3 is 4.52 Å². The summed E-state index contributed by atoms with van der Waals surface area (Å²) in [5.41, 5.74) is 3.15. The minimum absolute atomic E-state index is 0.0929. The van der Waals surface area contributed by atoms with Gasteiger partial charge >= 0.3 is 0 Å². The summed E-state index contributed by atoms with van der Waals surface area (Å²) >= 11 is 0. The highest BCUT2D eigenvalue weighted by Crippen LogP contribution is 2.28. The van der Waals surface area contributed by atoms with Gasteiger partial charge in [0, 0.05) is 12.1 Å². The molecule has 29 heavy (non-hydrogen) atoms. The first-order valence-electron chi connectivity index (χ1n) is 9.07. The molecule has 146 valence electrons. The van der Waals surface area contributed by atoms with Gasteiger partial charge in [-0.05, 0) is 24.6 Å². The van der Waals surface area contributed by atoms with E-state index in [1.807, 2.05) is 61.5 Å². The highest BCUT2D eigenvalue weighted by atomic mass is 32.2. The number of benzene rings is 3. The summed E-state index contributed by atoms with van der Waals surface area (Å²) in [6.45, 7) is 2.17. The number of nitrogens with one attached hydrogen (secondary N) is 1. The minimum atomic E-state index is -3.78. The van der Waals surface area contributed by atoms with Crippen LogP contribution < -0.4 is 4.72 Å². The lowest BCUT2D eigenvalue weighted by atomic mass is 10.2. The highest BCUT2D eigenvalue weighted by molar-refractivity contribution is 7.89. The van der Waals surface area contributed by atoms with Crippen molar-refractivity contribution in [3.8, 4) is 22.8 Å². The van der Waals surface area contributed by atoms with Crippen molar-refractivity contribution in [3.05, 3.63) is 90.0 Å². The SMILES string of the molecule is Cc1ccc(CNS(=O)(=O)c2ccccc2-c2nc(-c3ccccc3)no2)cc1. The maximum absolute atomic E-state index is 12.9. The molecule has 1 heterocycles. The third-order valence-corrected chi connectivity index (χ3v) is 5.91. The summed E-state index contributed by atoms with van der Waals surface area (Å²) in [4.78, 5) is 4.48. The van der Waals surface area contributed by atoms with Crippen LogP contribution >= 0.6 is 0 Å². The Labute approximate surface area is 169 Å². The van der Waals surface area contributed by atoms with Crippen molar-refractivity contribution in [3.63, 3.8) is 0 Å². The number of rotatable bonds is 6. The molecule has 0 amide bonds. The average Bonchev–Trinajstić information content (AvgIpc) is 3.24. The smallest absolute Gasteiger partial charge is 0.259 e. The van der Waals surface area contributed by atoms with E-state index in [0.29, 0.717) is 11.4 Å². The Morgan fingerprint density at radius 2 is 1.59 bits per heavy atom. The van der Waals surface area contributed by atoms with Gasteiger partial charge in [0.15, 0.2) is 0 Å². The molecule has 0 saturated heterocycles. The Morgan fingerprint density at radius 3 is 2.34 bits per heavy atom. The summed E-state index contributed by atoms with van der Waals surface area (Å²) in [7, 11) is -3.78. The van der Waals surface area contributed by atoms with Crippen molar-refractivity contribution in [1.29, 1.82) is 0 Å². The van der Waals surface area contributed by atoms with E-state index in [1.165, 1.54) is 6.07 Å². The maximum Gasteiger partial charge on any atom is 0.259 e. The second-order valence-electron chi connectivity index (χ2n) is 6.60. The van der Waals surface area contributed by atoms with Gasteiger partial charge in [-0.3, -0.25) is 0 Å². The Kier molecular flexibility index (Phi) is 5.24. The molecule has 0 radical (unpaired) electrons. The molecule has 0 unspecified atom stereocenters. The van der Waals surface area contributed by atoms with Crippen LogP contribution in [0.1, 0.15) is 11.1 Å². The van der Waals surface area contributed by atoms with Gasteiger partial charge in [-0.15, -0.1) is 0 Å². The van der Waals surface area contributed by atoms with Crippen molar-refractivity contribution in [2.45, 2.75) is 18.4 Å². The molecule has 0 atom stereocenters. The zero-order valence-corrected chi connectivity index (χ0v) is 16.6. The molecule has 0 fully saturated rings. The van der Waals surface area contributed by atoms with E-state index in [9.17, 15) is 8.42 Å². The molecule has 4 aromatic rings. The minimum Gasteiger partial charge on any atom is -0.334 e. The normalized spacial score (nSPS) is 11.5. The molecule has 0 spiro atoms. The van der Waals surface area contributed by atoms with Crippen LogP contribution in [0.5, 0.6) is 0 Å². The first-order chi connectivity index (χ1) is 14.0. The summed E-state index contributed by atoms with van der Waals surface area (Å²) < 4.78 is 33.9. The third kappa shape index (κ3) is 4.26. The van der Waals surface area contributed by atoms with Gasteiger partial charge in [-0.25, -0.2) is 13.1 Å². The van der Waals surface area contributed by atoms with Crippen LogP contribution in [0, 0.1) is 6.92 Å². The molecule has 0 aliphatic rings. The monoisotopic (exact) mass is 405 g/mol. The lowest BCUT2D eigenvalue weighted by Crippen LogP contribution is -2.23. The Hall–Kier alpha value is -3.29. The summed E-state index contributed by atoms with van der Waals surface area (Å²) in [5, 5.41) is 3.99. The first-order valence-corrected chi connectivity index (χ1v) is 10.5. The van der Waals surface area contributed by atoms with Crippen LogP contribution in [-0.4, -0.2) is 18.6 Å².